The summed E-state index contributed by atoms with van der Waals surface area (Å²) in [5.41, 5.74) is 5.64. The first-order valence-corrected chi connectivity index (χ1v) is 9.38. The number of hydrogen-bond donors (Lipinski definition) is 1. The Balaban J connectivity index is 1.76. The van der Waals surface area contributed by atoms with Crippen LogP contribution in [0.1, 0.15) is 57.0 Å². The van der Waals surface area contributed by atoms with Gasteiger partial charge in [-0.15, -0.1) is 0 Å². The lowest BCUT2D eigenvalue weighted by atomic mass is 9.99. The highest BCUT2D eigenvalue weighted by Gasteiger charge is 2.18. The Hall–Kier alpha value is -3.08. The first-order valence-electron chi connectivity index (χ1n) is 9.38. The predicted molar refractivity (Wildman–Crippen MR) is 109 cm³/mol. The first-order chi connectivity index (χ1) is 13.4. The number of benzene rings is 2. The molecular formula is C23H26N2O3. The molecule has 146 valence electrons. The van der Waals surface area contributed by atoms with Crippen LogP contribution >= 0.6 is 0 Å². The van der Waals surface area contributed by atoms with E-state index < -0.39 is 0 Å². The molecule has 3 rings (SSSR count). The van der Waals surface area contributed by atoms with E-state index in [1.54, 1.807) is 12.1 Å². The minimum atomic E-state index is -0.164. The molecule has 5 nitrogen and oxygen atoms in total. The van der Waals surface area contributed by atoms with Crippen LogP contribution < -0.4 is 10.1 Å². The molecule has 0 saturated carbocycles. The summed E-state index contributed by atoms with van der Waals surface area (Å²) in [6.07, 6.45) is 0. The quantitative estimate of drug-likeness (QED) is 0.657. The lowest BCUT2D eigenvalue weighted by Crippen LogP contribution is -2.27. The van der Waals surface area contributed by atoms with E-state index in [4.69, 9.17) is 9.26 Å². The molecule has 1 N–H and O–H groups in total. The minimum Gasteiger partial charge on any atom is -0.488 e. The molecule has 1 heterocycles. The maximum atomic E-state index is 12.9. The monoisotopic (exact) mass is 378 g/mol. The SMILES string of the molecule is Cc1ccc(C)c(C(C)NC(=O)c2ccccc2OCc2c(C)noc2C)c1. The largest absolute Gasteiger partial charge is 0.488 e. The van der Waals surface area contributed by atoms with E-state index in [9.17, 15) is 4.79 Å². The number of nitrogens with zero attached hydrogens (tertiary/aromatic N) is 1. The maximum Gasteiger partial charge on any atom is 0.255 e. The molecule has 0 bridgehead atoms. The van der Waals surface area contributed by atoms with Crippen molar-refractivity contribution in [2.45, 2.75) is 47.3 Å². The summed E-state index contributed by atoms with van der Waals surface area (Å²) >= 11 is 0. The zero-order valence-corrected chi connectivity index (χ0v) is 17.0. The van der Waals surface area contributed by atoms with Gasteiger partial charge in [-0.05, 0) is 57.9 Å². The molecule has 0 saturated heterocycles. The standard InChI is InChI=1S/C23H26N2O3/c1-14-10-11-15(2)20(12-14)16(3)24-23(26)19-8-6-7-9-22(19)27-13-21-17(4)25-28-18(21)5/h6-12,16H,13H2,1-5H3,(H,24,26). The Labute approximate surface area is 165 Å². The Kier molecular flexibility index (Phi) is 5.83. The lowest BCUT2D eigenvalue weighted by molar-refractivity contribution is 0.0935. The van der Waals surface area contributed by atoms with Gasteiger partial charge in [0.05, 0.1) is 22.9 Å². The molecule has 5 heteroatoms. The molecule has 3 aromatic rings. The Bertz CT molecular complexity index is 972. The average Bonchev–Trinajstić information content (AvgIpc) is 2.99. The van der Waals surface area contributed by atoms with Gasteiger partial charge in [0.2, 0.25) is 0 Å². The van der Waals surface area contributed by atoms with Crippen LogP contribution in [0.5, 0.6) is 5.75 Å². The molecule has 2 aromatic carbocycles. The number of para-hydroxylation sites is 1. The Morgan fingerprint density at radius 2 is 1.89 bits per heavy atom. The molecule has 0 aliphatic carbocycles. The van der Waals surface area contributed by atoms with Gasteiger partial charge in [-0.3, -0.25) is 4.79 Å². The number of hydrogen-bond acceptors (Lipinski definition) is 4. The molecule has 0 fully saturated rings. The van der Waals surface area contributed by atoms with Crippen LogP contribution in [-0.4, -0.2) is 11.1 Å². The van der Waals surface area contributed by atoms with Crippen LogP contribution in [0.3, 0.4) is 0 Å². The van der Waals surface area contributed by atoms with Crippen LogP contribution in [0.4, 0.5) is 0 Å². The number of amides is 1. The number of aromatic nitrogens is 1. The summed E-state index contributed by atoms with van der Waals surface area (Å²) in [5.74, 6) is 1.10. The summed E-state index contributed by atoms with van der Waals surface area (Å²) in [7, 11) is 0. The second-order valence-corrected chi connectivity index (χ2v) is 7.14. The van der Waals surface area contributed by atoms with Gasteiger partial charge in [0.15, 0.2) is 0 Å². The summed E-state index contributed by atoms with van der Waals surface area (Å²) < 4.78 is 11.1. The van der Waals surface area contributed by atoms with Gasteiger partial charge < -0.3 is 14.6 Å². The third kappa shape index (κ3) is 4.25. The zero-order valence-electron chi connectivity index (χ0n) is 17.0. The van der Waals surface area contributed by atoms with E-state index in [1.807, 2.05) is 32.9 Å². The highest BCUT2D eigenvalue weighted by molar-refractivity contribution is 5.97. The fourth-order valence-corrected chi connectivity index (χ4v) is 3.22. The number of carbonyl (C=O) groups excluding carboxylic acids is 1. The van der Waals surface area contributed by atoms with Gasteiger partial charge in [-0.2, -0.15) is 0 Å². The van der Waals surface area contributed by atoms with Crippen molar-refractivity contribution in [3.63, 3.8) is 0 Å². The van der Waals surface area contributed by atoms with Crippen molar-refractivity contribution in [2.24, 2.45) is 0 Å². The maximum absolute atomic E-state index is 12.9. The van der Waals surface area contributed by atoms with Gasteiger partial charge in [-0.1, -0.05) is 41.1 Å². The lowest BCUT2D eigenvalue weighted by Gasteiger charge is -2.18. The van der Waals surface area contributed by atoms with E-state index >= 15 is 0 Å². The van der Waals surface area contributed by atoms with E-state index in [-0.39, 0.29) is 11.9 Å². The minimum absolute atomic E-state index is 0.108. The number of aryl methyl sites for hydroxylation is 4. The average molecular weight is 378 g/mol. The summed E-state index contributed by atoms with van der Waals surface area (Å²) in [6, 6.07) is 13.4. The highest BCUT2D eigenvalue weighted by atomic mass is 16.5. The molecule has 1 atom stereocenters. The van der Waals surface area contributed by atoms with E-state index in [0.29, 0.717) is 17.9 Å². The van der Waals surface area contributed by atoms with E-state index in [2.05, 4.69) is 42.5 Å². The van der Waals surface area contributed by atoms with Crippen molar-refractivity contribution in [3.05, 3.63) is 81.7 Å². The number of rotatable bonds is 6. The third-order valence-corrected chi connectivity index (χ3v) is 4.93. The van der Waals surface area contributed by atoms with E-state index in [1.165, 1.54) is 5.56 Å². The molecule has 1 aromatic heterocycles. The second-order valence-electron chi connectivity index (χ2n) is 7.14. The van der Waals surface area contributed by atoms with Crippen LogP contribution in [0.25, 0.3) is 0 Å². The van der Waals surface area contributed by atoms with Gasteiger partial charge in [0.25, 0.3) is 5.91 Å². The summed E-state index contributed by atoms with van der Waals surface area (Å²) in [5, 5.41) is 7.03. The fourth-order valence-electron chi connectivity index (χ4n) is 3.22. The molecule has 0 aliphatic rings. The van der Waals surface area contributed by atoms with Crippen molar-refractivity contribution >= 4 is 5.91 Å². The van der Waals surface area contributed by atoms with Gasteiger partial charge in [0.1, 0.15) is 18.1 Å². The van der Waals surface area contributed by atoms with Crippen LogP contribution in [0, 0.1) is 27.7 Å². The highest BCUT2D eigenvalue weighted by Crippen LogP contribution is 2.24. The van der Waals surface area contributed by atoms with Crippen molar-refractivity contribution in [1.29, 1.82) is 0 Å². The first kappa shape index (κ1) is 19.7. The third-order valence-electron chi connectivity index (χ3n) is 4.93. The number of ether oxygens (including phenoxy) is 1. The fraction of sp³-hybridized carbons (Fsp3) is 0.304. The molecule has 1 amide bonds. The van der Waals surface area contributed by atoms with Gasteiger partial charge >= 0.3 is 0 Å². The molecule has 0 spiro atoms. The van der Waals surface area contributed by atoms with Crippen molar-refractivity contribution in [3.8, 4) is 5.75 Å². The van der Waals surface area contributed by atoms with Crippen LogP contribution in [-0.2, 0) is 6.61 Å². The van der Waals surface area contributed by atoms with Gasteiger partial charge in [0, 0.05) is 0 Å². The van der Waals surface area contributed by atoms with Crippen LogP contribution in [0.15, 0.2) is 47.0 Å². The Morgan fingerprint density at radius 3 is 2.61 bits per heavy atom. The molecule has 0 aliphatic heterocycles. The van der Waals surface area contributed by atoms with E-state index in [0.717, 1.165) is 28.1 Å². The molecule has 28 heavy (non-hydrogen) atoms. The second kappa shape index (κ2) is 8.30. The van der Waals surface area contributed by atoms with Crippen molar-refractivity contribution < 1.29 is 14.1 Å². The van der Waals surface area contributed by atoms with Crippen molar-refractivity contribution in [2.75, 3.05) is 0 Å². The molecule has 0 radical (unpaired) electrons. The predicted octanol–water partition coefficient (Wildman–Crippen LogP) is 4.98. The molecule has 1 unspecified atom stereocenters. The molecular weight excluding hydrogens is 352 g/mol. The zero-order chi connectivity index (χ0) is 20.3. The van der Waals surface area contributed by atoms with Crippen LogP contribution in [0.2, 0.25) is 0 Å². The topological polar surface area (TPSA) is 64.4 Å². The summed E-state index contributed by atoms with van der Waals surface area (Å²) in [4.78, 5) is 12.9. The Morgan fingerprint density at radius 1 is 1.14 bits per heavy atom. The van der Waals surface area contributed by atoms with Crippen molar-refractivity contribution in [1.82, 2.24) is 10.5 Å². The number of carbonyl (C=O) groups is 1. The summed E-state index contributed by atoms with van der Waals surface area (Å²) in [6.45, 7) is 10.1. The normalized spacial score (nSPS) is 11.9. The smallest absolute Gasteiger partial charge is 0.255 e. The van der Waals surface area contributed by atoms with Gasteiger partial charge in [-0.25, -0.2) is 0 Å². The number of nitrogens with one attached hydrogen (secondary N) is 1.